The van der Waals surface area contributed by atoms with Gasteiger partial charge in [-0.05, 0) is 62.1 Å². The number of hydrogen-bond acceptors (Lipinski definition) is 6. The van der Waals surface area contributed by atoms with Gasteiger partial charge in [-0.15, -0.1) is 0 Å². The van der Waals surface area contributed by atoms with Crippen LogP contribution in [0.2, 0.25) is 10.0 Å². The van der Waals surface area contributed by atoms with Crippen LogP contribution in [0.4, 0.5) is 5.82 Å². The molecule has 2 aliphatic rings. The van der Waals surface area contributed by atoms with E-state index in [0.717, 1.165) is 43.7 Å². The first-order valence-electron chi connectivity index (χ1n) is 13.3. The Balaban J connectivity index is 1.25. The van der Waals surface area contributed by atoms with E-state index in [1.165, 1.54) is 0 Å². The summed E-state index contributed by atoms with van der Waals surface area (Å²) < 4.78 is 6.24. The van der Waals surface area contributed by atoms with Gasteiger partial charge in [0.05, 0.1) is 10.6 Å². The first-order valence-corrected chi connectivity index (χ1v) is 14.1. The fourth-order valence-electron chi connectivity index (χ4n) is 5.76. The van der Waals surface area contributed by atoms with E-state index in [9.17, 15) is 4.79 Å². The summed E-state index contributed by atoms with van der Waals surface area (Å²) >= 11 is 12.2. The Kier molecular flexibility index (Phi) is 8.54. The van der Waals surface area contributed by atoms with Crippen LogP contribution in [0.5, 0.6) is 5.88 Å². The lowest BCUT2D eigenvalue weighted by molar-refractivity contribution is -0.138. The lowest BCUT2D eigenvalue weighted by atomic mass is 9.77. The molecular weight excluding hydrogens is 533 g/mol. The topological polar surface area (TPSA) is 82.4 Å². The number of amides is 1. The first kappa shape index (κ1) is 27.2. The molecule has 7 nitrogen and oxygen atoms in total. The van der Waals surface area contributed by atoms with E-state index >= 15 is 0 Å². The molecule has 0 spiro atoms. The van der Waals surface area contributed by atoms with Gasteiger partial charge < -0.3 is 14.5 Å². The van der Waals surface area contributed by atoms with Gasteiger partial charge in [0.2, 0.25) is 11.8 Å². The fraction of sp³-hybridized carbons (Fsp3) is 0.400. The van der Waals surface area contributed by atoms with E-state index in [0.29, 0.717) is 34.6 Å². The molecular formula is C30H31Cl2N5O2. The average Bonchev–Trinajstić information content (AvgIpc) is 2.98. The van der Waals surface area contributed by atoms with Crippen molar-refractivity contribution in [2.24, 2.45) is 11.8 Å². The number of likely N-dealkylation sites (tertiary alicyclic amines) is 1. The van der Waals surface area contributed by atoms with Crippen molar-refractivity contribution in [2.75, 3.05) is 31.1 Å². The summed E-state index contributed by atoms with van der Waals surface area (Å²) in [6, 6.07) is 17.3. The molecule has 1 aromatic carbocycles. The Labute approximate surface area is 239 Å². The smallest absolute Gasteiger partial charge is 0.225 e. The van der Waals surface area contributed by atoms with Crippen LogP contribution in [0.25, 0.3) is 0 Å². The van der Waals surface area contributed by atoms with E-state index in [2.05, 4.69) is 40.0 Å². The van der Waals surface area contributed by atoms with Crippen molar-refractivity contribution in [3.63, 3.8) is 0 Å². The highest BCUT2D eigenvalue weighted by Crippen LogP contribution is 2.37. The maximum Gasteiger partial charge on any atom is 0.225 e. The zero-order valence-corrected chi connectivity index (χ0v) is 23.4. The third kappa shape index (κ3) is 6.46. The van der Waals surface area contributed by atoms with Crippen molar-refractivity contribution in [1.82, 2.24) is 14.9 Å². The van der Waals surface area contributed by atoms with Gasteiger partial charge in [0.25, 0.3) is 0 Å². The molecule has 0 saturated carbocycles. The first-order chi connectivity index (χ1) is 18.9. The molecule has 3 aromatic rings. The maximum absolute atomic E-state index is 13.7. The summed E-state index contributed by atoms with van der Waals surface area (Å²) in [4.78, 5) is 26.7. The summed E-state index contributed by atoms with van der Waals surface area (Å²) in [7, 11) is 0. The van der Waals surface area contributed by atoms with E-state index in [-0.39, 0.29) is 29.8 Å². The molecule has 5 rings (SSSR count). The molecule has 0 radical (unpaired) electrons. The number of pyridine rings is 2. The predicted molar refractivity (Wildman–Crippen MR) is 152 cm³/mol. The third-order valence-electron chi connectivity index (χ3n) is 7.93. The summed E-state index contributed by atoms with van der Waals surface area (Å²) in [5.74, 6) is 1.94. The zero-order chi connectivity index (χ0) is 27.4. The van der Waals surface area contributed by atoms with Gasteiger partial charge in [0.15, 0.2) is 0 Å². The minimum Gasteiger partial charge on any atom is -0.474 e. The van der Waals surface area contributed by atoms with Crippen molar-refractivity contribution >= 4 is 34.9 Å². The molecule has 2 saturated heterocycles. The number of carbonyl (C=O) groups is 1. The SMILES string of the molecule is CC(Oc1ccc(Cl)cn1)C1CCN(C(=O)C2CCN(c3ccc(C#N)cn3)CC2)CC1c1ccc(Cl)cc1. The van der Waals surface area contributed by atoms with Crippen molar-refractivity contribution in [3.05, 3.63) is 82.1 Å². The molecule has 2 aliphatic heterocycles. The number of rotatable bonds is 6. The van der Waals surface area contributed by atoms with Gasteiger partial charge in [-0.25, -0.2) is 9.97 Å². The molecule has 3 unspecified atom stereocenters. The maximum atomic E-state index is 13.7. The van der Waals surface area contributed by atoms with Crippen molar-refractivity contribution in [2.45, 2.75) is 38.2 Å². The molecule has 4 heterocycles. The number of ether oxygens (including phenoxy) is 1. The Bertz CT molecular complexity index is 1300. The second-order valence-corrected chi connectivity index (χ2v) is 11.2. The number of anilines is 1. The van der Waals surface area contributed by atoms with E-state index in [1.54, 1.807) is 30.6 Å². The number of nitrogens with zero attached hydrogens (tertiary/aromatic N) is 5. The van der Waals surface area contributed by atoms with Crippen LogP contribution in [0.3, 0.4) is 0 Å². The zero-order valence-electron chi connectivity index (χ0n) is 21.8. The Hall–Kier alpha value is -3.34. The predicted octanol–water partition coefficient (Wildman–Crippen LogP) is 5.97. The van der Waals surface area contributed by atoms with E-state index in [1.807, 2.05) is 23.1 Å². The van der Waals surface area contributed by atoms with Crippen LogP contribution in [0, 0.1) is 23.2 Å². The third-order valence-corrected chi connectivity index (χ3v) is 8.41. The summed E-state index contributed by atoms with van der Waals surface area (Å²) in [6.45, 7) is 4.96. The fourth-order valence-corrected chi connectivity index (χ4v) is 6.00. The lowest BCUT2D eigenvalue weighted by Crippen LogP contribution is -2.49. The second kappa shape index (κ2) is 12.2. The van der Waals surface area contributed by atoms with Crippen molar-refractivity contribution in [1.29, 1.82) is 5.26 Å². The highest BCUT2D eigenvalue weighted by atomic mass is 35.5. The molecule has 2 aromatic heterocycles. The Morgan fingerprint density at radius 1 is 0.974 bits per heavy atom. The lowest BCUT2D eigenvalue weighted by Gasteiger charge is -2.43. The molecule has 1 amide bonds. The van der Waals surface area contributed by atoms with Gasteiger partial charge in [0, 0.05) is 67.4 Å². The van der Waals surface area contributed by atoms with Crippen LogP contribution in [-0.4, -0.2) is 53.1 Å². The van der Waals surface area contributed by atoms with Crippen molar-refractivity contribution < 1.29 is 9.53 Å². The summed E-state index contributed by atoms with van der Waals surface area (Å²) in [5.41, 5.74) is 1.70. The second-order valence-electron chi connectivity index (χ2n) is 10.3. The van der Waals surface area contributed by atoms with Crippen LogP contribution < -0.4 is 9.64 Å². The van der Waals surface area contributed by atoms with Gasteiger partial charge >= 0.3 is 0 Å². The Morgan fingerprint density at radius 2 is 1.72 bits per heavy atom. The van der Waals surface area contributed by atoms with Crippen LogP contribution in [0.15, 0.2) is 60.9 Å². The highest BCUT2D eigenvalue weighted by Gasteiger charge is 2.39. The number of carbonyl (C=O) groups excluding carboxylic acids is 1. The summed E-state index contributed by atoms with van der Waals surface area (Å²) in [5, 5.41) is 10.3. The van der Waals surface area contributed by atoms with E-state index in [4.69, 9.17) is 33.2 Å². The van der Waals surface area contributed by atoms with Gasteiger partial charge in [-0.2, -0.15) is 5.26 Å². The molecule has 202 valence electrons. The number of aromatic nitrogens is 2. The minimum atomic E-state index is -0.0974. The molecule has 0 aliphatic carbocycles. The molecule has 0 N–H and O–H groups in total. The van der Waals surface area contributed by atoms with Gasteiger partial charge in [-0.3, -0.25) is 4.79 Å². The van der Waals surface area contributed by atoms with Crippen LogP contribution in [-0.2, 0) is 4.79 Å². The molecule has 3 atom stereocenters. The molecule has 9 heteroatoms. The number of hydrogen-bond donors (Lipinski definition) is 0. The highest BCUT2D eigenvalue weighted by molar-refractivity contribution is 6.30. The van der Waals surface area contributed by atoms with Crippen LogP contribution >= 0.6 is 23.2 Å². The quantitative estimate of drug-likeness (QED) is 0.367. The molecule has 0 bridgehead atoms. The normalized spacial score (nSPS) is 20.8. The Morgan fingerprint density at radius 3 is 2.36 bits per heavy atom. The number of halogens is 2. The molecule has 2 fully saturated rings. The van der Waals surface area contributed by atoms with Gasteiger partial charge in [0.1, 0.15) is 18.0 Å². The standard InChI is InChI=1S/C30H31Cl2N5O2/c1-20(39-29-9-7-25(32)18-35-29)26-12-15-37(19-27(26)22-3-5-24(31)6-4-22)30(38)23-10-13-36(14-11-23)28-8-2-21(16-33)17-34-28/h2-9,17-18,20,23,26-27H,10-15,19H2,1H3. The number of nitriles is 1. The minimum absolute atomic E-state index is 0.00556. The average molecular weight is 565 g/mol. The number of piperidine rings is 2. The van der Waals surface area contributed by atoms with Crippen molar-refractivity contribution in [3.8, 4) is 11.9 Å². The number of benzene rings is 1. The van der Waals surface area contributed by atoms with E-state index < -0.39 is 0 Å². The summed E-state index contributed by atoms with van der Waals surface area (Å²) in [6.07, 6.45) is 5.49. The largest absolute Gasteiger partial charge is 0.474 e. The van der Waals surface area contributed by atoms with Gasteiger partial charge in [-0.1, -0.05) is 35.3 Å². The van der Waals surface area contributed by atoms with Crippen LogP contribution in [0.1, 0.15) is 43.2 Å². The molecule has 39 heavy (non-hydrogen) atoms. The monoisotopic (exact) mass is 563 g/mol.